The van der Waals surface area contributed by atoms with E-state index in [4.69, 9.17) is 9.47 Å². The second-order valence-corrected chi connectivity index (χ2v) is 7.04. The van der Waals surface area contributed by atoms with Gasteiger partial charge in [-0.15, -0.1) is 0 Å². The Morgan fingerprint density at radius 2 is 1.69 bits per heavy atom. The maximum atomic E-state index is 12.3. The molecule has 2 rings (SSSR count). The summed E-state index contributed by atoms with van der Waals surface area (Å²) in [5.74, 6) is -1.22. The van der Waals surface area contributed by atoms with E-state index in [1.165, 1.54) is 6.07 Å². The number of hydrogen-bond donors (Lipinski definition) is 2. The molecule has 2 amide bonds. The maximum absolute atomic E-state index is 12.3. The first kappa shape index (κ1) is 22.4. The van der Waals surface area contributed by atoms with Crippen LogP contribution in [0.15, 0.2) is 53.0 Å². The van der Waals surface area contributed by atoms with Crippen LogP contribution in [0.2, 0.25) is 0 Å². The summed E-state index contributed by atoms with van der Waals surface area (Å²) in [5, 5.41) is 5.37. The molecule has 0 unspecified atom stereocenters. The van der Waals surface area contributed by atoms with Crippen molar-refractivity contribution in [1.29, 1.82) is 0 Å². The summed E-state index contributed by atoms with van der Waals surface area (Å²) >= 11 is 3.33. The number of nitrogens with one attached hydrogen (secondary N) is 2. The number of rotatable bonds is 10. The van der Waals surface area contributed by atoms with E-state index < -0.39 is 5.97 Å². The van der Waals surface area contributed by atoms with Crippen molar-refractivity contribution in [2.75, 3.05) is 25.1 Å². The predicted molar refractivity (Wildman–Crippen MR) is 113 cm³/mol. The molecule has 0 aliphatic carbocycles. The van der Waals surface area contributed by atoms with Crippen LogP contribution in [-0.2, 0) is 14.3 Å². The Hall–Kier alpha value is -2.87. The number of unbranched alkanes of at least 4 members (excludes halogenated alkanes) is 1. The van der Waals surface area contributed by atoms with Gasteiger partial charge in [0, 0.05) is 16.7 Å². The first-order chi connectivity index (χ1) is 14.0. The van der Waals surface area contributed by atoms with Crippen molar-refractivity contribution in [2.45, 2.75) is 19.8 Å². The monoisotopic (exact) mass is 462 g/mol. The molecule has 0 aromatic heterocycles. The summed E-state index contributed by atoms with van der Waals surface area (Å²) in [7, 11) is 0. The molecule has 0 atom stereocenters. The topological polar surface area (TPSA) is 93.7 Å². The molecule has 0 aliphatic rings. The van der Waals surface area contributed by atoms with Gasteiger partial charge in [-0.2, -0.15) is 0 Å². The predicted octanol–water partition coefficient (Wildman–Crippen LogP) is 3.54. The first-order valence-corrected chi connectivity index (χ1v) is 10.00. The Labute approximate surface area is 177 Å². The van der Waals surface area contributed by atoms with Crippen LogP contribution in [-0.4, -0.2) is 37.5 Å². The second kappa shape index (κ2) is 11.9. The molecule has 7 nitrogen and oxygen atoms in total. The number of anilines is 1. The van der Waals surface area contributed by atoms with Gasteiger partial charge in [-0.3, -0.25) is 9.59 Å². The first-order valence-electron chi connectivity index (χ1n) is 9.20. The Bertz CT molecular complexity index is 839. The number of ether oxygens (including phenoxy) is 2. The number of benzene rings is 2. The summed E-state index contributed by atoms with van der Waals surface area (Å²) in [5.41, 5.74) is 0.772. The number of carbonyl (C=O) groups is 3. The van der Waals surface area contributed by atoms with E-state index in [0.717, 1.165) is 17.3 Å². The van der Waals surface area contributed by atoms with Crippen molar-refractivity contribution < 1.29 is 23.9 Å². The zero-order valence-electron chi connectivity index (χ0n) is 16.1. The summed E-state index contributed by atoms with van der Waals surface area (Å²) in [6.45, 7) is 1.90. The van der Waals surface area contributed by atoms with Gasteiger partial charge < -0.3 is 20.1 Å². The smallest absolute Gasteiger partial charge is 0.342 e. The van der Waals surface area contributed by atoms with Crippen LogP contribution in [0.1, 0.15) is 30.1 Å². The van der Waals surface area contributed by atoms with Crippen molar-refractivity contribution in [3.8, 4) is 5.75 Å². The normalized spacial score (nSPS) is 10.1. The average molecular weight is 463 g/mol. The molecular formula is C21H23BrN2O5. The van der Waals surface area contributed by atoms with Crippen LogP contribution in [0, 0.1) is 0 Å². The molecule has 0 radical (unpaired) electrons. The van der Waals surface area contributed by atoms with Crippen LogP contribution in [0.3, 0.4) is 0 Å². The highest BCUT2D eigenvalue weighted by molar-refractivity contribution is 9.10. The number of halogens is 1. The van der Waals surface area contributed by atoms with Gasteiger partial charge in [0.1, 0.15) is 11.3 Å². The van der Waals surface area contributed by atoms with Gasteiger partial charge in [0.15, 0.2) is 13.2 Å². The van der Waals surface area contributed by atoms with Crippen molar-refractivity contribution >= 4 is 39.4 Å². The Kier molecular flexibility index (Phi) is 9.17. The molecular weight excluding hydrogens is 440 g/mol. The fourth-order valence-corrected chi connectivity index (χ4v) is 2.56. The van der Waals surface area contributed by atoms with Crippen LogP contribution in [0.4, 0.5) is 5.69 Å². The summed E-state index contributed by atoms with van der Waals surface area (Å²) in [6.07, 6.45) is 1.82. The molecule has 0 aliphatic heterocycles. The SMILES string of the molecule is CCCCNC(=O)COC(=O)c1ccccc1OCC(=O)Nc1ccc(Br)cc1. The van der Waals surface area contributed by atoms with E-state index in [1.54, 1.807) is 42.5 Å². The summed E-state index contributed by atoms with van der Waals surface area (Å²) < 4.78 is 11.4. The van der Waals surface area contributed by atoms with Crippen molar-refractivity contribution in [3.63, 3.8) is 0 Å². The van der Waals surface area contributed by atoms with Gasteiger partial charge in [-0.1, -0.05) is 41.4 Å². The molecule has 0 saturated carbocycles. The molecule has 0 heterocycles. The van der Waals surface area contributed by atoms with E-state index in [0.29, 0.717) is 12.2 Å². The van der Waals surface area contributed by atoms with Crippen LogP contribution in [0.25, 0.3) is 0 Å². The third-order valence-corrected chi connectivity index (χ3v) is 4.31. The number of amides is 2. The molecule has 2 aromatic rings. The highest BCUT2D eigenvalue weighted by Crippen LogP contribution is 2.19. The molecule has 29 heavy (non-hydrogen) atoms. The Balaban J connectivity index is 1.87. The average Bonchev–Trinajstić information content (AvgIpc) is 2.72. The Morgan fingerprint density at radius 1 is 0.966 bits per heavy atom. The largest absolute Gasteiger partial charge is 0.483 e. The Morgan fingerprint density at radius 3 is 2.41 bits per heavy atom. The lowest BCUT2D eigenvalue weighted by molar-refractivity contribution is -0.124. The zero-order chi connectivity index (χ0) is 21.1. The number of esters is 1. The molecule has 2 aromatic carbocycles. The van der Waals surface area contributed by atoms with Crippen LogP contribution >= 0.6 is 15.9 Å². The van der Waals surface area contributed by atoms with Gasteiger partial charge in [0.05, 0.1) is 0 Å². The van der Waals surface area contributed by atoms with E-state index >= 15 is 0 Å². The molecule has 2 N–H and O–H groups in total. The third kappa shape index (κ3) is 7.95. The van der Waals surface area contributed by atoms with Gasteiger partial charge >= 0.3 is 5.97 Å². The van der Waals surface area contributed by atoms with Gasteiger partial charge in [-0.25, -0.2) is 4.79 Å². The number of hydrogen-bond acceptors (Lipinski definition) is 5. The lowest BCUT2D eigenvalue weighted by atomic mass is 10.2. The van der Waals surface area contributed by atoms with Crippen LogP contribution < -0.4 is 15.4 Å². The van der Waals surface area contributed by atoms with Crippen molar-refractivity contribution in [2.24, 2.45) is 0 Å². The molecule has 0 spiro atoms. The molecule has 8 heteroatoms. The number of para-hydroxylation sites is 1. The number of carbonyl (C=O) groups excluding carboxylic acids is 3. The van der Waals surface area contributed by atoms with Crippen LogP contribution in [0.5, 0.6) is 5.75 Å². The molecule has 0 bridgehead atoms. The van der Waals surface area contributed by atoms with Gasteiger partial charge in [-0.05, 0) is 42.8 Å². The summed E-state index contributed by atoms with van der Waals surface area (Å²) in [4.78, 5) is 36.0. The quantitative estimate of drug-likeness (QED) is 0.415. The van der Waals surface area contributed by atoms with Gasteiger partial charge in [0.2, 0.25) is 0 Å². The lowest BCUT2D eigenvalue weighted by Gasteiger charge is -2.11. The zero-order valence-corrected chi connectivity index (χ0v) is 17.7. The standard InChI is InChI=1S/C21H23BrN2O5/c1-2-3-12-23-19(25)13-29-21(27)17-6-4-5-7-18(17)28-14-20(26)24-16-10-8-15(22)9-11-16/h4-11H,2-3,12-14H2,1H3,(H,23,25)(H,24,26). The van der Waals surface area contributed by atoms with Gasteiger partial charge in [0.25, 0.3) is 11.8 Å². The summed E-state index contributed by atoms with van der Waals surface area (Å²) in [6, 6.07) is 13.5. The fraction of sp³-hybridized carbons (Fsp3) is 0.286. The minimum Gasteiger partial charge on any atom is -0.483 e. The minimum absolute atomic E-state index is 0.144. The fourth-order valence-electron chi connectivity index (χ4n) is 2.30. The third-order valence-electron chi connectivity index (χ3n) is 3.78. The molecule has 0 fully saturated rings. The van der Waals surface area contributed by atoms with E-state index in [1.807, 2.05) is 6.92 Å². The second-order valence-electron chi connectivity index (χ2n) is 6.12. The maximum Gasteiger partial charge on any atom is 0.342 e. The highest BCUT2D eigenvalue weighted by Gasteiger charge is 2.16. The van der Waals surface area contributed by atoms with Crippen molar-refractivity contribution in [1.82, 2.24) is 5.32 Å². The van der Waals surface area contributed by atoms with E-state index in [9.17, 15) is 14.4 Å². The highest BCUT2D eigenvalue weighted by atomic mass is 79.9. The minimum atomic E-state index is -0.695. The van der Waals surface area contributed by atoms with E-state index in [2.05, 4.69) is 26.6 Å². The molecule has 154 valence electrons. The van der Waals surface area contributed by atoms with Crippen molar-refractivity contribution in [3.05, 3.63) is 58.6 Å². The lowest BCUT2D eigenvalue weighted by Crippen LogP contribution is -2.29. The molecule has 0 saturated heterocycles. The van der Waals surface area contributed by atoms with E-state index in [-0.39, 0.29) is 36.3 Å².